The molecular formula is C23H25N3O3S. The number of nitrogens with one attached hydrogen (secondary N) is 1. The highest BCUT2D eigenvalue weighted by Crippen LogP contribution is 2.28. The Bertz CT molecular complexity index is 997. The molecule has 0 spiro atoms. The monoisotopic (exact) mass is 423 g/mol. The van der Waals surface area contributed by atoms with Crippen LogP contribution in [-0.4, -0.2) is 35.1 Å². The van der Waals surface area contributed by atoms with Crippen LogP contribution in [0.25, 0.3) is 11.3 Å². The van der Waals surface area contributed by atoms with Gasteiger partial charge in [-0.25, -0.2) is 4.98 Å². The Kier molecular flexibility index (Phi) is 7.19. The molecule has 3 rings (SSSR count). The van der Waals surface area contributed by atoms with Crippen LogP contribution in [0.4, 0.5) is 5.13 Å². The predicted octanol–water partition coefficient (Wildman–Crippen LogP) is 4.35. The molecule has 0 atom stereocenters. The number of hydrogen-bond donors (Lipinski definition) is 2. The molecule has 2 N–H and O–H groups in total. The number of carboxylic acids is 1. The third kappa shape index (κ3) is 5.67. The van der Waals surface area contributed by atoms with Gasteiger partial charge in [0.25, 0.3) is 5.91 Å². The van der Waals surface area contributed by atoms with Crippen LogP contribution < -0.4 is 10.2 Å². The molecule has 0 aliphatic rings. The molecule has 30 heavy (non-hydrogen) atoms. The topological polar surface area (TPSA) is 82.5 Å². The number of thiazole rings is 1. The van der Waals surface area contributed by atoms with E-state index in [9.17, 15) is 9.59 Å². The van der Waals surface area contributed by atoms with Gasteiger partial charge in [-0.3, -0.25) is 9.59 Å². The number of carbonyl (C=O) groups is 2. The second-order valence-corrected chi connectivity index (χ2v) is 7.83. The zero-order valence-electron chi connectivity index (χ0n) is 17.1. The number of amides is 1. The summed E-state index contributed by atoms with van der Waals surface area (Å²) in [6.07, 6.45) is -0.0896. The van der Waals surface area contributed by atoms with Gasteiger partial charge in [0.2, 0.25) is 0 Å². The van der Waals surface area contributed by atoms with Crippen LogP contribution in [0.1, 0.15) is 34.8 Å². The minimum atomic E-state index is -0.932. The van der Waals surface area contributed by atoms with Crippen molar-refractivity contribution in [1.29, 1.82) is 0 Å². The van der Waals surface area contributed by atoms with Crippen LogP contribution in [0.2, 0.25) is 0 Å². The summed E-state index contributed by atoms with van der Waals surface area (Å²) in [5.74, 6) is -1.20. The third-order valence-corrected chi connectivity index (χ3v) is 5.61. The molecule has 0 saturated carbocycles. The van der Waals surface area contributed by atoms with Crippen LogP contribution in [0, 0.1) is 6.92 Å². The molecule has 2 aromatic carbocycles. The predicted molar refractivity (Wildman–Crippen MR) is 120 cm³/mol. The van der Waals surface area contributed by atoms with E-state index in [4.69, 9.17) is 10.1 Å². The summed E-state index contributed by atoms with van der Waals surface area (Å²) in [6.45, 7) is 5.79. The molecule has 1 aromatic heterocycles. The van der Waals surface area contributed by atoms with Crippen molar-refractivity contribution in [3.63, 3.8) is 0 Å². The molecule has 1 heterocycles. The standard InChI is InChI=1S/C23H25N3O3S/c1-3-26(23-25-20(15-30-23)18-8-4-16(2)5-9-18)14-17-6-10-19(11-7-17)22(29)24-13-12-21(27)28/h4-11,15H,3,12-14H2,1-2H3,(H,24,29)(H,27,28). The summed E-state index contributed by atoms with van der Waals surface area (Å²) in [6, 6.07) is 15.7. The second kappa shape index (κ2) is 10.0. The largest absolute Gasteiger partial charge is 0.481 e. The van der Waals surface area contributed by atoms with Gasteiger partial charge in [0.15, 0.2) is 5.13 Å². The van der Waals surface area contributed by atoms with Gasteiger partial charge >= 0.3 is 5.97 Å². The van der Waals surface area contributed by atoms with Crippen molar-refractivity contribution in [2.45, 2.75) is 26.8 Å². The number of aromatic nitrogens is 1. The molecule has 0 aliphatic heterocycles. The Labute approximate surface area is 180 Å². The summed E-state index contributed by atoms with van der Waals surface area (Å²) in [7, 11) is 0. The van der Waals surface area contributed by atoms with Crippen LogP contribution in [-0.2, 0) is 11.3 Å². The molecule has 0 aliphatic carbocycles. The number of benzene rings is 2. The summed E-state index contributed by atoms with van der Waals surface area (Å²) >= 11 is 1.62. The van der Waals surface area contributed by atoms with Gasteiger partial charge in [-0.05, 0) is 31.5 Å². The highest BCUT2D eigenvalue weighted by atomic mass is 32.1. The van der Waals surface area contributed by atoms with E-state index in [1.807, 2.05) is 12.1 Å². The molecule has 0 saturated heterocycles. The van der Waals surface area contributed by atoms with Crippen LogP contribution in [0.5, 0.6) is 0 Å². The van der Waals surface area contributed by atoms with Gasteiger partial charge in [0.1, 0.15) is 0 Å². The van der Waals surface area contributed by atoms with Gasteiger partial charge in [0.05, 0.1) is 12.1 Å². The van der Waals surface area contributed by atoms with Crippen LogP contribution in [0.3, 0.4) is 0 Å². The van der Waals surface area contributed by atoms with E-state index < -0.39 is 5.97 Å². The van der Waals surface area contributed by atoms with E-state index in [2.05, 4.69) is 53.7 Å². The Morgan fingerprint density at radius 1 is 1.10 bits per heavy atom. The summed E-state index contributed by atoms with van der Waals surface area (Å²) in [5.41, 5.74) is 4.90. The van der Waals surface area contributed by atoms with Crippen LogP contribution >= 0.6 is 11.3 Å². The lowest BCUT2D eigenvalue weighted by Gasteiger charge is -2.20. The Morgan fingerprint density at radius 2 is 1.80 bits per heavy atom. The number of nitrogens with zero attached hydrogens (tertiary/aromatic N) is 2. The Hall–Kier alpha value is -3.19. The molecule has 0 unspecified atom stereocenters. The summed E-state index contributed by atoms with van der Waals surface area (Å²) < 4.78 is 0. The van der Waals surface area contributed by atoms with Gasteiger partial charge in [-0.2, -0.15) is 0 Å². The van der Waals surface area contributed by atoms with Crippen molar-refractivity contribution in [1.82, 2.24) is 10.3 Å². The number of hydrogen-bond acceptors (Lipinski definition) is 5. The average Bonchev–Trinajstić information content (AvgIpc) is 3.22. The normalized spacial score (nSPS) is 10.6. The van der Waals surface area contributed by atoms with E-state index >= 15 is 0 Å². The first-order valence-electron chi connectivity index (χ1n) is 9.82. The zero-order valence-corrected chi connectivity index (χ0v) is 17.9. The lowest BCUT2D eigenvalue weighted by Crippen LogP contribution is -2.26. The fraction of sp³-hybridized carbons (Fsp3) is 0.261. The van der Waals surface area contributed by atoms with Crippen molar-refractivity contribution in [3.8, 4) is 11.3 Å². The molecule has 156 valence electrons. The smallest absolute Gasteiger partial charge is 0.305 e. The number of carboxylic acid groups (broad SMARTS) is 1. The minimum Gasteiger partial charge on any atom is -0.481 e. The van der Waals surface area contributed by atoms with Crippen molar-refractivity contribution < 1.29 is 14.7 Å². The summed E-state index contributed by atoms with van der Waals surface area (Å²) in [4.78, 5) is 29.6. The molecule has 0 fully saturated rings. The molecule has 0 radical (unpaired) electrons. The molecule has 6 nitrogen and oxygen atoms in total. The van der Waals surface area contributed by atoms with E-state index in [-0.39, 0.29) is 18.9 Å². The van der Waals surface area contributed by atoms with Crippen molar-refractivity contribution in [2.24, 2.45) is 0 Å². The number of aryl methyl sites for hydroxylation is 1. The highest BCUT2D eigenvalue weighted by molar-refractivity contribution is 7.14. The maximum absolute atomic E-state index is 12.1. The molecule has 7 heteroatoms. The second-order valence-electron chi connectivity index (χ2n) is 6.99. The zero-order chi connectivity index (χ0) is 21.5. The van der Waals surface area contributed by atoms with E-state index in [1.165, 1.54) is 5.56 Å². The fourth-order valence-electron chi connectivity index (χ4n) is 2.95. The van der Waals surface area contributed by atoms with Crippen molar-refractivity contribution >= 4 is 28.3 Å². The maximum atomic E-state index is 12.1. The molecule has 3 aromatic rings. The number of anilines is 1. The number of rotatable bonds is 9. The quantitative estimate of drug-likeness (QED) is 0.535. The van der Waals surface area contributed by atoms with Gasteiger partial charge in [-0.15, -0.1) is 11.3 Å². The minimum absolute atomic E-state index is 0.0896. The third-order valence-electron chi connectivity index (χ3n) is 4.71. The maximum Gasteiger partial charge on any atom is 0.305 e. The first-order chi connectivity index (χ1) is 14.5. The van der Waals surface area contributed by atoms with Gasteiger partial charge < -0.3 is 15.3 Å². The molecule has 1 amide bonds. The van der Waals surface area contributed by atoms with E-state index in [1.54, 1.807) is 23.5 Å². The Balaban J connectivity index is 1.64. The SMILES string of the molecule is CCN(Cc1ccc(C(=O)NCCC(=O)O)cc1)c1nc(-c2ccc(C)cc2)cs1. The highest BCUT2D eigenvalue weighted by Gasteiger charge is 2.12. The lowest BCUT2D eigenvalue weighted by atomic mass is 10.1. The van der Waals surface area contributed by atoms with Crippen molar-refractivity contribution in [2.75, 3.05) is 18.0 Å². The van der Waals surface area contributed by atoms with Crippen LogP contribution in [0.15, 0.2) is 53.9 Å². The van der Waals surface area contributed by atoms with E-state index in [0.29, 0.717) is 12.1 Å². The first-order valence-corrected chi connectivity index (χ1v) is 10.7. The fourth-order valence-corrected chi connectivity index (χ4v) is 3.85. The van der Waals surface area contributed by atoms with Crippen molar-refractivity contribution in [3.05, 3.63) is 70.6 Å². The molecular weight excluding hydrogens is 398 g/mol. The van der Waals surface area contributed by atoms with E-state index in [0.717, 1.165) is 28.5 Å². The number of carbonyl (C=O) groups excluding carboxylic acids is 1. The average molecular weight is 424 g/mol. The summed E-state index contributed by atoms with van der Waals surface area (Å²) in [5, 5.41) is 14.3. The molecule has 0 bridgehead atoms. The van der Waals surface area contributed by atoms with Gasteiger partial charge in [0, 0.05) is 36.1 Å². The Morgan fingerprint density at radius 3 is 2.43 bits per heavy atom. The number of aliphatic carboxylic acids is 1. The van der Waals surface area contributed by atoms with Gasteiger partial charge in [-0.1, -0.05) is 42.0 Å². The first kappa shape index (κ1) is 21.5. The lowest BCUT2D eigenvalue weighted by molar-refractivity contribution is -0.136.